The average Bonchev–Trinajstić information content (AvgIpc) is 2.70. The van der Waals surface area contributed by atoms with Gasteiger partial charge in [0.15, 0.2) is 9.84 Å². The van der Waals surface area contributed by atoms with Gasteiger partial charge in [-0.15, -0.1) is 0 Å². The second-order valence-corrected chi connectivity index (χ2v) is 9.83. The fourth-order valence-corrected chi connectivity index (χ4v) is 6.35. The highest BCUT2D eigenvalue weighted by Crippen LogP contribution is 2.26. The molecule has 0 radical (unpaired) electrons. The van der Waals surface area contributed by atoms with Crippen LogP contribution in [-0.2, 0) is 19.9 Å². The molecular weight excluding hydrogens is 342 g/mol. The molecule has 1 aromatic heterocycles. The molecule has 124 valence electrons. The fraction of sp³-hybridized carbons (Fsp3) is 0.357. The van der Waals surface area contributed by atoms with Crippen LogP contribution in [0.5, 0.6) is 0 Å². The maximum absolute atomic E-state index is 12.5. The summed E-state index contributed by atoms with van der Waals surface area (Å²) in [7, 11) is -7.11. The lowest BCUT2D eigenvalue weighted by Crippen LogP contribution is -2.46. The first-order valence-corrected chi connectivity index (χ1v) is 10.2. The number of hydrogen-bond acceptors (Lipinski definition) is 6. The Kier molecular flexibility index (Phi) is 3.62. The van der Waals surface area contributed by atoms with E-state index in [-0.39, 0.29) is 28.4 Å². The minimum Gasteiger partial charge on any atom is -0.423 e. The summed E-state index contributed by atoms with van der Waals surface area (Å²) in [5.41, 5.74) is -1.25. The predicted molar refractivity (Wildman–Crippen MR) is 84.5 cm³/mol. The summed E-state index contributed by atoms with van der Waals surface area (Å²) >= 11 is 0. The average molecular weight is 357 g/mol. The van der Waals surface area contributed by atoms with Crippen molar-refractivity contribution in [3.05, 3.63) is 40.8 Å². The second kappa shape index (κ2) is 5.15. The maximum Gasteiger partial charge on any atom is 0.336 e. The van der Waals surface area contributed by atoms with Gasteiger partial charge in [0, 0.05) is 17.0 Å². The summed E-state index contributed by atoms with van der Waals surface area (Å²) in [5, 5.41) is 0.469. The topological polar surface area (TPSA) is 111 Å². The lowest BCUT2D eigenvalue weighted by molar-refractivity contribution is 0.462. The third-order valence-electron chi connectivity index (χ3n) is 3.79. The second-order valence-electron chi connectivity index (χ2n) is 5.96. The van der Waals surface area contributed by atoms with Crippen molar-refractivity contribution in [2.45, 2.75) is 23.8 Å². The summed E-state index contributed by atoms with van der Waals surface area (Å²) in [6, 6.07) is 6.78. The lowest BCUT2D eigenvalue weighted by Gasteiger charge is -2.23. The Bertz CT molecular complexity index is 1040. The van der Waals surface area contributed by atoms with Gasteiger partial charge in [-0.1, -0.05) is 0 Å². The van der Waals surface area contributed by atoms with Crippen molar-refractivity contribution in [2.75, 3.05) is 11.5 Å². The molecule has 1 N–H and O–H groups in total. The van der Waals surface area contributed by atoms with E-state index in [1.54, 1.807) is 6.92 Å². The minimum absolute atomic E-state index is 0.00984. The Balaban J connectivity index is 1.97. The van der Waals surface area contributed by atoms with Crippen LogP contribution >= 0.6 is 0 Å². The van der Waals surface area contributed by atoms with Crippen LogP contribution in [0.25, 0.3) is 11.0 Å². The summed E-state index contributed by atoms with van der Waals surface area (Å²) in [5.74, 6) is -0.253. The van der Waals surface area contributed by atoms with E-state index in [1.165, 1.54) is 30.3 Å². The van der Waals surface area contributed by atoms with Gasteiger partial charge < -0.3 is 4.42 Å². The first-order chi connectivity index (χ1) is 10.6. The molecule has 1 aliphatic heterocycles. The summed E-state index contributed by atoms with van der Waals surface area (Å²) in [4.78, 5) is 11.1. The summed E-state index contributed by atoms with van der Waals surface area (Å²) in [6.45, 7) is 1.58. The zero-order valence-electron chi connectivity index (χ0n) is 12.3. The molecule has 3 rings (SSSR count). The number of rotatable bonds is 3. The largest absolute Gasteiger partial charge is 0.423 e. The molecule has 1 fully saturated rings. The normalized spacial score (nSPS) is 24.0. The first kappa shape index (κ1) is 16.2. The van der Waals surface area contributed by atoms with Crippen LogP contribution in [0.4, 0.5) is 0 Å². The van der Waals surface area contributed by atoms with Gasteiger partial charge in [-0.3, -0.25) is 0 Å². The number of fused-ring (bicyclic) bond motifs is 1. The van der Waals surface area contributed by atoms with Crippen LogP contribution in [0.15, 0.2) is 44.4 Å². The van der Waals surface area contributed by atoms with Crippen LogP contribution in [0.1, 0.15) is 13.3 Å². The highest BCUT2D eigenvalue weighted by molar-refractivity contribution is 7.92. The van der Waals surface area contributed by atoms with Crippen LogP contribution in [0.2, 0.25) is 0 Å². The van der Waals surface area contributed by atoms with Gasteiger partial charge in [-0.25, -0.2) is 26.4 Å². The predicted octanol–water partition coefficient (Wildman–Crippen LogP) is 0.649. The van der Waals surface area contributed by atoms with Crippen LogP contribution in [0.3, 0.4) is 0 Å². The van der Waals surface area contributed by atoms with Crippen LogP contribution in [0, 0.1) is 0 Å². The monoisotopic (exact) mass is 357 g/mol. The van der Waals surface area contributed by atoms with Gasteiger partial charge in [0.2, 0.25) is 10.0 Å². The van der Waals surface area contributed by atoms with Gasteiger partial charge in [-0.2, -0.15) is 0 Å². The van der Waals surface area contributed by atoms with Crippen molar-refractivity contribution in [3.63, 3.8) is 0 Å². The minimum atomic E-state index is -3.89. The van der Waals surface area contributed by atoms with Crippen molar-refractivity contribution in [3.8, 4) is 0 Å². The molecule has 0 unspecified atom stereocenters. The Morgan fingerprint density at radius 3 is 2.61 bits per heavy atom. The molecule has 2 aromatic rings. The molecule has 0 bridgehead atoms. The molecule has 1 aliphatic rings. The van der Waals surface area contributed by atoms with Gasteiger partial charge in [0.05, 0.1) is 16.4 Å². The molecule has 0 spiro atoms. The van der Waals surface area contributed by atoms with Crippen molar-refractivity contribution in [1.82, 2.24) is 4.72 Å². The Hall–Kier alpha value is -1.71. The third kappa shape index (κ3) is 3.31. The maximum atomic E-state index is 12.5. The molecular formula is C14H15NO6S2. The summed E-state index contributed by atoms with van der Waals surface area (Å²) < 4.78 is 55.7. The Morgan fingerprint density at radius 1 is 1.22 bits per heavy atom. The van der Waals surface area contributed by atoms with Crippen molar-refractivity contribution < 1.29 is 21.3 Å². The molecule has 7 nitrogen and oxygen atoms in total. The molecule has 2 heterocycles. The molecule has 9 heteroatoms. The van der Waals surface area contributed by atoms with Gasteiger partial charge in [-0.05, 0) is 37.6 Å². The van der Waals surface area contributed by atoms with E-state index in [0.717, 1.165) is 0 Å². The SMILES string of the molecule is C[C@@]1(NS(=O)(=O)c2ccc3oc(=O)ccc3c2)CCS(=O)(=O)C1. The number of sulfonamides is 1. The Labute approximate surface area is 133 Å². The van der Waals surface area contributed by atoms with Crippen LogP contribution < -0.4 is 10.3 Å². The van der Waals surface area contributed by atoms with Crippen molar-refractivity contribution in [1.29, 1.82) is 0 Å². The zero-order valence-corrected chi connectivity index (χ0v) is 13.9. The molecule has 1 saturated heterocycles. The smallest absolute Gasteiger partial charge is 0.336 e. The summed E-state index contributed by atoms with van der Waals surface area (Å²) in [6.07, 6.45) is 0.233. The standard InChI is InChI=1S/C14H15NO6S2/c1-14(6-7-22(17,18)9-14)15-23(19,20)11-3-4-12-10(8-11)2-5-13(16)21-12/h2-5,8,15H,6-7,9H2,1H3/t14-/m1/s1. The van der Waals surface area contributed by atoms with Crippen LogP contribution in [-0.4, -0.2) is 33.9 Å². The lowest BCUT2D eigenvalue weighted by atomic mass is 10.0. The van der Waals surface area contributed by atoms with Gasteiger partial charge in [0.1, 0.15) is 5.58 Å². The van der Waals surface area contributed by atoms with E-state index in [4.69, 9.17) is 4.42 Å². The molecule has 1 aromatic carbocycles. The van der Waals surface area contributed by atoms with E-state index in [1.807, 2.05) is 0 Å². The van der Waals surface area contributed by atoms with E-state index in [2.05, 4.69) is 4.72 Å². The van der Waals surface area contributed by atoms with Gasteiger partial charge in [0.25, 0.3) is 0 Å². The van der Waals surface area contributed by atoms with E-state index in [9.17, 15) is 21.6 Å². The number of hydrogen-bond donors (Lipinski definition) is 1. The van der Waals surface area contributed by atoms with E-state index in [0.29, 0.717) is 5.39 Å². The van der Waals surface area contributed by atoms with Crippen molar-refractivity contribution >= 4 is 30.8 Å². The molecule has 23 heavy (non-hydrogen) atoms. The first-order valence-electron chi connectivity index (χ1n) is 6.87. The molecule has 0 aliphatic carbocycles. The number of sulfone groups is 1. The molecule has 0 amide bonds. The molecule has 0 saturated carbocycles. The third-order valence-corrected chi connectivity index (χ3v) is 7.32. The number of benzene rings is 1. The van der Waals surface area contributed by atoms with E-state index >= 15 is 0 Å². The fourth-order valence-electron chi connectivity index (χ4n) is 2.69. The highest BCUT2D eigenvalue weighted by atomic mass is 32.2. The quantitative estimate of drug-likeness (QED) is 0.808. The van der Waals surface area contributed by atoms with Crippen molar-refractivity contribution in [2.24, 2.45) is 0 Å². The number of nitrogens with one attached hydrogen (secondary N) is 1. The Morgan fingerprint density at radius 2 is 1.96 bits per heavy atom. The highest BCUT2D eigenvalue weighted by Gasteiger charge is 2.41. The zero-order chi connectivity index (χ0) is 16.9. The molecule has 1 atom stereocenters. The van der Waals surface area contributed by atoms with Gasteiger partial charge >= 0.3 is 5.63 Å². The van der Waals surface area contributed by atoms with E-state index < -0.39 is 31.0 Å².